The summed E-state index contributed by atoms with van der Waals surface area (Å²) in [7, 11) is -3.87. The van der Waals surface area contributed by atoms with Gasteiger partial charge in [-0.3, -0.25) is 13.9 Å². The van der Waals surface area contributed by atoms with Crippen molar-refractivity contribution < 1.29 is 18.0 Å². The third-order valence-electron chi connectivity index (χ3n) is 6.07. The lowest BCUT2D eigenvalue weighted by Gasteiger charge is -2.34. The minimum absolute atomic E-state index is 0.0503. The summed E-state index contributed by atoms with van der Waals surface area (Å²) in [4.78, 5) is 28.9. The van der Waals surface area contributed by atoms with Gasteiger partial charge in [0.25, 0.3) is 0 Å². The van der Waals surface area contributed by atoms with Crippen LogP contribution in [0, 0.1) is 6.92 Å². The van der Waals surface area contributed by atoms with Crippen LogP contribution in [-0.2, 0) is 32.6 Å². The van der Waals surface area contributed by atoms with Crippen LogP contribution in [0.5, 0.6) is 0 Å². The monoisotopic (exact) mass is 589 g/mol. The Morgan fingerprint density at radius 1 is 0.923 bits per heavy atom. The molecule has 208 valence electrons. The highest BCUT2D eigenvalue weighted by atomic mass is 35.5. The molecular weight excluding hydrogens is 557 g/mol. The first-order valence-corrected chi connectivity index (χ1v) is 15.1. The summed E-state index contributed by atoms with van der Waals surface area (Å²) >= 11 is 12.5. The summed E-state index contributed by atoms with van der Waals surface area (Å²) in [6, 6.07) is 20.1. The zero-order valence-corrected chi connectivity index (χ0v) is 24.7. The van der Waals surface area contributed by atoms with E-state index in [1.807, 2.05) is 44.2 Å². The van der Waals surface area contributed by atoms with Crippen molar-refractivity contribution in [2.75, 3.05) is 17.1 Å². The minimum Gasteiger partial charge on any atom is -0.352 e. The quantitative estimate of drug-likeness (QED) is 0.331. The third kappa shape index (κ3) is 8.71. The molecule has 0 unspecified atom stereocenters. The smallest absolute Gasteiger partial charge is 0.244 e. The Morgan fingerprint density at radius 3 is 2.18 bits per heavy atom. The van der Waals surface area contributed by atoms with E-state index in [1.54, 1.807) is 43.3 Å². The predicted octanol–water partition coefficient (Wildman–Crippen LogP) is 5.23. The molecule has 3 aromatic rings. The number of hydrogen-bond donors (Lipinski definition) is 1. The van der Waals surface area contributed by atoms with Crippen molar-refractivity contribution in [1.82, 2.24) is 10.2 Å². The van der Waals surface area contributed by atoms with Crippen LogP contribution in [0.4, 0.5) is 5.69 Å². The van der Waals surface area contributed by atoms with Crippen LogP contribution in [0.3, 0.4) is 0 Å². The van der Waals surface area contributed by atoms with E-state index in [0.29, 0.717) is 15.6 Å². The molecule has 10 heteroatoms. The summed E-state index contributed by atoms with van der Waals surface area (Å²) in [5, 5.41) is 3.78. The van der Waals surface area contributed by atoms with Gasteiger partial charge in [0.15, 0.2) is 0 Å². The van der Waals surface area contributed by atoms with Crippen LogP contribution in [0.2, 0.25) is 10.0 Å². The fraction of sp³-hybridized carbons (Fsp3) is 0.310. The number of carbonyl (C=O) groups is 2. The first kappa shape index (κ1) is 30.5. The lowest BCUT2D eigenvalue weighted by atomic mass is 10.0. The van der Waals surface area contributed by atoms with E-state index in [0.717, 1.165) is 21.7 Å². The van der Waals surface area contributed by atoms with Gasteiger partial charge >= 0.3 is 0 Å². The molecule has 2 amide bonds. The molecule has 3 rings (SSSR count). The lowest BCUT2D eigenvalue weighted by molar-refractivity contribution is -0.140. The molecular formula is C29H33Cl2N3O4S. The van der Waals surface area contributed by atoms with E-state index in [1.165, 1.54) is 11.0 Å². The largest absolute Gasteiger partial charge is 0.352 e. The maximum atomic E-state index is 14.0. The van der Waals surface area contributed by atoms with E-state index < -0.39 is 28.5 Å². The van der Waals surface area contributed by atoms with Crippen LogP contribution in [-0.4, -0.2) is 50.0 Å². The fourth-order valence-corrected chi connectivity index (χ4v) is 5.35. The Bertz CT molecular complexity index is 1420. The minimum atomic E-state index is -3.87. The van der Waals surface area contributed by atoms with Crippen LogP contribution < -0.4 is 9.62 Å². The molecule has 0 fully saturated rings. The molecule has 0 radical (unpaired) electrons. The number of amides is 2. The van der Waals surface area contributed by atoms with Crippen molar-refractivity contribution in [3.63, 3.8) is 0 Å². The zero-order valence-electron chi connectivity index (χ0n) is 22.4. The molecule has 0 saturated carbocycles. The number of aryl methyl sites for hydroxylation is 1. The number of nitrogens with zero attached hydrogens (tertiary/aromatic N) is 2. The number of rotatable bonds is 11. The summed E-state index contributed by atoms with van der Waals surface area (Å²) in [6.07, 6.45) is 1.27. The first-order valence-electron chi connectivity index (χ1n) is 12.5. The van der Waals surface area contributed by atoms with E-state index in [2.05, 4.69) is 5.32 Å². The Kier molecular flexibility index (Phi) is 10.4. The van der Waals surface area contributed by atoms with Gasteiger partial charge in [-0.2, -0.15) is 0 Å². The van der Waals surface area contributed by atoms with Gasteiger partial charge in [0, 0.05) is 29.1 Å². The Labute approximate surface area is 240 Å². The Balaban J connectivity index is 2.07. The van der Waals surface area contributed by atoms with E-state index in [4.69, 9.17) is 23.2 Å². The normalized spacial score (nSPS) is 12.2. The molecule has 0 aromatic heterocycles. The highest BCUT2D eigenvalue weighted by Crippen LogP contribution is 2.26. The van der Waals surface area contributed by atoms with Crippen molar-refractivity contribution in [3.05, 3.63) is 99.5 Å². The maximum absolute atomic E-state index is 14.0. The SMILES string of the molecule is Cc1ccc(N(CC(=O)N(Cc2cccc(Cl)c2)[C@H](Cc2ccccc2)C(=O)NC(C)C)S(C)(=O)=O)cc1Cl. The zero-order chi connectivity index (χ0) is 28.7. The van der Waals surface area contributed by atoms with Gasteiger partial charge in [-0.25, -0.2) is 8.42 Å². The van der Waals surface area contributed by atoms with E-state index >= 15 is 0 Å². The number of hydrogen-bond acceptors (Lipinski definition) is 4. The Morgan fingerprint density at radius 2 is 1.59 bits per heavy atom. The van der Waals surface area contributed by atoms with Gasteiger partial charge < -0.3 is 10.2 Å². The number of nitrogens with one attached hydrogen (secondary N) is 1. The second-order valence-electron chi connectivity index (χ2n) is 9.72. The van der Waals surface area contributed by atoms with Gasteiger partial charge in [0.05, 0.1) is 11.9 Å². The van der Waals surface area contributed by atoms with Crippen molar-refractivity contribution >= 4 is 50.7 Å². The standard InChI is InChI=1S/C29H33Cl2N3O4S/c1-20(2)32-29(36)27(16-22-9-6-5-7-10-22)33(18-23-11-8-12-24(30)15-23)28(35)19-34(39(4,37)38)25-14-13-21(3)26(31)17-25/h5-15,17,20,27H,16,18-19H2,1-4H3,(H,32,36)/t27-/m1/s1. The molecule has 3 aromatic carbocycles. The van der Waals surface area contributed by atoms with Crippen LogP contribution in [0.1, 0.15) is 30.5 Å². The molecule has 0 spiro atoms. The van der Waals surface area contributed by atoms with Crippen molar-refractivity contribution in [1.29, 1.82) is 0 Å². The number of benzene rings is 3. The molecule has 7 nitrogen and oxygen atoms in total. The number of sulfonamides is 1. The van der Waals surface area contributed by atoms with Gasteiger partial charge in [-0.1, -0.05) is 71.7 Å². The average molecular weight is 591 g/mol. The molecule has 0 aliphatic heterocycles. The summed E-state index contributed by atoms with van der Waals surface area (Å²) in [5.41, 5.74) is 2.59. The van der Waals surface area contributed by atoms with Crippen LogP contribution in [0.25, 0.3) is 0 Å². The van der Waals surface area contributed by atoms with Gasteiger partial charge in [-0.15, -0.1) is 0 Å². The summed E-state index contributed by atoms with van der Waals surface area (Å²) in [6.45, 7) is 5.02. The lowest BCUT2D eigenvalue weighted by Crippen LogP contribution is -2.54. The van der Waals surface area contributed by atoms with Crippen LogP contribution in [0.15, 0.2) is 72.8 Å². The number of anilines is 1. The Hall–Kier alpha value is -3.07. The predicted molar refractivity (Wildman–Crippen MR) is 158 cm³/mol. The summed E-state index contributed by atoms with van der Waals surface area (Å²) < 4.78 is 26.7. The van der Waals surface area contributed by atoms with Crippen LogP contribution >= 0.6 is 23.2 Å². The topological polar surface area (TPSA) is 86.8 Å². The van der Waals surface area contributed by atoms with E-state index in [9.17, 15) is 18.0 Å². The molecule has 0 aliphatic rings. The highest BCUT2D eigenvalue weighted by molar-refractivity contribution is 7.92. The van der Waals surface area contributed by atoms with Crippen molar-refractivity contribution in [2.45, 2.75) is 45.8 Å². The molecule has 1 atom stereocenters. The van der Waals surface area contributed by atoms with Gasteiger partial charge in [-0.05, 0) is 61.7 Å². The van der Waals surface area contributed by atoms with Crippen molar-refractivity contribution in [2.24, 2.45) is 0 Å². The number of carbonyl (C=O) groups excluding carboxylic acids is 2. The first-order chi connectivity index (χ1) is 18.3. The second kappa shape index (κ2) is 13.3. The van der Waals surface area contributed by atoms with Crippen molar-refractivity contribution in [3.8, 4) is 0 Å². The molecule has 0 bridgehead atoms. The number of halogens is 2. The highest BCUT2D eigenvalue weighted by Gasteiger charge is 2.33. The van der Waals surface area contributed by atoms with E-state index in [-0.39, 0.29) is 30.6 Å². The molecule has 0 saturated heterocycles. The second-order valence-corrected chi connectivity index (χ2v) is 12.5. The molecule has 0 aliphatic carbocycles. The average Bonchev–Trinajstić information content (AvgIpc) is 2.86. The van der Waals surface area contributed by atoms with Gasteiger partial charge in [0.1, 0.15) is 12.6 Å². The third-order valence-corrected chi connectivity index (χ3v) is 7.85. The molecule has 0 heterocycles. The molecule has 1 N–H and O–H groups in total. The fourth-order valence-electron chi connectivity index (χ4n) is 4.12. The van der Waals surface area contributed by atoms with Gasteiger partial charge in [0.2, 0.25) is 21.8 Å². The summed E-state index contributed by atoms with van der Waals surface area (Å²) in [5.74, 6) is -0.884. The molecule has 39 heavy (non-hydrogen) atoms. The maximum Gasteiger partial charge on any atom is 0.244 e.